The van der Waals surface area contributed by atoms with E-state index in [4.69, 9.17) is 23.7 Å². The van der Waals surface area contributed by atoms with Gasteiger partial charge in [0.25, 0.3) is 0 Å². The van der Waals surface area contributed by atoms with Crippen LogP contribution in [0.15, 0.2) is 36.4 Å². The SMILES string of the molecule is CCOc1c(/C=C/C(=O)c2ccc(OCOC(=O)C(C)(C)C)cc2)cc(C(C)C)c(OCOC(=O)C(C)(C)C)c1C(C)C. The molecule has 0 bridgehead atoms. The lowest BCUT2D eigenvalue weighted by atomic mass is 9.90. The van der Waals surface area contributed by atoms with E-state index in [1.807, 2.05) is 26.8 Å². The molecule has 8 heteroatoms. The Labute approximate surface area is 256 Å². The second-order valence-corrected chi connectivity index (χ2v) is 13.0. The van der Waals surface area contributed by atoms with Gasteiger partial charge < -0.3 is 23.7 Å². The minimum Gasteiger partial charge on any atom is -0.493 e. The van der Waals surface area contributed by atoms with E-state index in [2.05, 4.69) is 13.8 Å². The monoisotopic (exact) mass is 596 g/mol. The molecule has 236 valence electrons. The van der Waals surface area contributed by atoms with Crippen LogP contribution in [0.4, 0.5) is 0 Å². The van der Waals surface area contributed by atoms with E-state index in [1.54, 1.807) is 71.9 Å². The van der Waals surface area contributed by atoms with Crippen LogP contribution in [-0.2, 0) is 19.1 Å². The number of rotatable bonds is 13. The fourth-order valence-corrected chi connectivity index (χ4v) is 3.96. The first-order valence-corrected chi connectivity index (χ1v) is 14.7. The summed E-state index contributed by atoms with van der Waals surface area (Å²) in [6.07, 6.45) is 3.27. The second kappa shape index (κ2) is 15.1. The molecule has 0 radical (unpaired) electrons. The predicted molar refractivity (Wildman–Crippen MR) is 168 cm³/mol. The lowest BCUT2D eigenvalue weighted by Gasteiger charge is -2.25. The van der Waals surface area contributed by atoms with Gasteiger partial charge >= 0.3 is 11.9 Å². The topological polar surface area (TPSA) is 97.4 Å². The Bertz CT molecular complexity index is 1290. The first-order valence-electron chi connectivity index (χ1n) is 14.7. The molecule has 0 spiro atoms. The zero-order valence-corrected chi connectivity index (χ0v) is 27.6. The van der Waals surface area contributed by atoms with Crippen molar-refractivity contribution < 1.29 is 38.1 Å². The van der Waals surface area contributed by atoms with Crippen molar-refractivity contribution >= 4 is 23.8 Å². The number of hydrogen-bond acceptors (Lipinski definition) is 8. The summed E-state index contributed by atoms with van der Waals surface area (Å²) in [7, 11) is 0. The highest BCUT2D eigenvalue weighted by molar-refractivity contribution is 6.07. The first kappa shape index (κ1) is 35.4. The van der Waals surface area contributed by atoms with Gasteiger partial charge in [-0.1, -0.05) is 27.7 Å². The zero-order valence-electron chi connectivity index (χ0n) is 27.6. The molecule has 2 rings (SSSR count). The van der Waals surface area contributed by atoms with Crippen molar-refractivity contribution in [3.63, 3.8) is 0 Å². The Morgan fingerprint density at radius 1 is 0.744 bits per heavy atom. The lowest BCUT2D eigenvalue weighted by Crippen LogP contribution is -2.25. The van der Waals surface area contributed by atoms with Crippen LogP contribution >= 0.6 is 0 Å². The molecule has 0 saturated heterocycles. The standard InChI is InChI=1S/C35H48O8/c1-12-39-30-25(15-18-28(36)24-13-16-26(17-14-24)40-20-42-32(37)34(6,7)8)19-27(22(2)3)31(29(30)23(4)5)41-21-43-33(38)35(9,10)11/h13-19,22-23H,12,20-21H2,1-11H3/b18-15+. The van der Waals surface area contributed by atoms with Gasteiger partial charge in [0.15, 0.2) is 5.78 Å². The van der Waals surface area contributed by atoms with E-state index in [0.29, 0.717) is 29.4 Å². The highest BCUT2D eigenvalue weighted by Gasteiger charge is 2.26. The largest absolute Gasteiger partial charge is 0.493 e. The second-order valence-electron chi connectivity index (χ2n) is 13.0. The van der Waals surface area contributed by atoms with Gasteiger partial charge in [0, 0.05) is 16.7 Å². The van der Waals surface area contributed by atoms with Crippen LogP contribution in [-0.4, -0.2) is 37.9 Å². The van der Waals surface area contributed by atoms with Crippen LogP contribution in [0, 0.1) is 10.8 Å². The molecule has 0 fully saturated rings. The lowest BCUT2D eigenvalue weighted by molar-refractivity contribution is -0.160. The molecule has 8 nitrogen and oxygen atoms in total. The van der Waals surface area contributed by atoms with E-state index in [-0.39, 0.29) is 43.1 Å². The van der Waals surface area contributed by atoms with Crippen molar-refractivity contribution in [1.82, 2.24) is 0 Å². The quantitative estimate of drug-likeness (QED) is 0.0991. The molecule has 2 aromatic rings. The fourth-order valence-electron chi connectivity index (χ4n) is 3.96. The number of allylic oxidation sites excluding steroid dienone is 1. The minimum absolute atomic E-state index is 0.0200. The Morgan fingerprint density at radius 2 is 1.28 bits per heavy atom. The maximum absolute atomic E-state index is 13.1. The Balaban J connectivity index is 2.33. The van der Waals surface area contributed by atoms with Crippen molar-refractivity contribution in [3.8, 4) is 17.2 Å². The van der Waals surface area contributed by atoms with Crippen LogP contribution in [0.5, 0.6) is 17.2 Å². The molecule has 0 aliphatic heterocycles. The smallest absolute Gasteiger partial charge is 0.314 e. The summed E-state index contributed by atoms with van der Waals surface area (Å²) in [6.45, 7) is 20.8. The summed E-state index contributed by atoms with van der Waals surface area (Å²) in [5.74, 6) is 0.926. The van der Waals surface area contributed by atoms with Gasteiger partial charge in [0.1, 0.15) is 17.2 Å². The predicted octanol–water partition coefficient (Wildman–Crippen LogP) is 8.08. The number of benzene rings is 2. The molecule has 0 aliphatic carbocycles. The molecule has 0 unspecified atom stereocenters. The molecule has 0 saturated carbocycles. The average Bonchev–Trinajstić information content (AvgIpc) is 2.91. The number of hydrogen-bond donors (Lipinski definition) is 0. The number of ketones is 1. The van der Waals surface area contributed by atoms with Gasteiger partial charge in [0.2, 0.25) is 13.6 Å². The van der Waals surface area contributed by atoms with Crippen LogP contribution in [0.3, 0.4) is 0 Å². The maximum Gasteiger partial charge on any atom is 0.314 e. The van der Waals surface area contributed by atoms with E-state index in [9.17, 15) is 14.4 Å². The summed E-state index contributed by atoms with van der Waals surface area (Å²) in [6, 6.07) is 8.59. The first-order chi connectivity index (χ1) is 20.0. The number of ether oxygens (including phenoxy) is 5. The zero-order chi connectivity index (χ0) is 32.5. The average molecular weight is 597 g/mol. The summed E-state index contributed by atoms with van der Waals surface area (Å²) in [4.78, 5) is 37.3. The van der Waals surface area contributed by atoms with Crippen LogP contribution in [0.2, 0.25) is 0 Å². The molecular weight excluding hydrogens is 548 g/mol. The van der Waals surface area contributed by atoms with Gasteiger partial charge in [-0.05, 0) is 108 Å². The summed E-state index contributed by atoms with van der Waals surface area (Å²) >= 11 is 0. The van der Waals surface area contributed by atoms with Crippen molar-refractivity contribution in [2.75, 3.05) is 20.2 Å². The van der Waals surface area contributed by atoms with Crippen LogP contribution in [0.1, 0.15) is 115 Å². The highest BCUT2D eigenvalue weighted by atomic mass is 16.7. The molecule has 0 aliphatic rings. The van der Waals surface area contributed by atoms with Gasteiger partial charge in [-0.15, -0.1) is 0 Å². The third-order valence-electron chi connectivity index (χ3n) is 6.40. The molecule has 2 aromatic carbocycles. The van der Waals surface area contributed by atoms with Crippen molar-refractivity contribution in [1.29, 1.82) is 0 Å². The summed E-state index contributed by atoms with van der Waals surface area (Å²) < 4.78 is 28.2. The fraction of sp³-hybridized carbons (Fsp3) is 0.514. The minimum atomic E-state index is -0.642. The Kier molecular flexibility index (Phi) is 12.4. The molecular formula is C35H48O8. The summed E-state index contributed by atoms with van der Waals surface area (Å²) in [5.41, 5.74) is 1.73. The Hall–Kier alpha value is -3.81. The molecule has 0 aromatic heterocycles. The van der Waals surface area contributed by atoms with Gasteiger partial charge in [-0.25, -0.2) is 0 Å². The van der Waals surface area contributed by atoms with Crippen LogP contribution in [0.25, 0.3) is 6.08 Å². The van der Waals surface area contributed by atoms with Crippen molar-refractivity contribution in [2.24, 2.45) is 10.8 Å². The molecule has 0 amide bonds. The van der Waals surface area contributed by atoms with Gasteiger partial charge in [-0.3, -0.25) is 14.4 Å². The van der Waals surface area contributed by atoms with Crippen molar-refractivity contribution in [3.05, 3.63) is 58.7 Å². The maximum atomic E-state index is 13.1. The molecule has 0 atom stereocenters. The molecule has 43 heavy (non-hydrogen) atoms. The Morgan fingerprint density at radius 3 is 1.74 bits per heavy atom. The van der Waals surface area contributed by atoms with E-state index < -0.39 is 10.8 Å². The third kappa shape index (κ3) is 10.2. The number of carbonyl (C=O) groups is 3. The van der Waals surface area contributed by atoms with E-state index in [0.717, 1.165) is 16.7 Å². The number of carbonyl (C=O) groups excluding carboxylic acids is 3. The molecule has 0 heterocycles. The van der Waals surface area contributed by atoms with E-state index in [1.165, 1.54) is 6.08 Å². The van der Waals surface area contributed by atoms with Gasteiger partial charge in [0.05, 0.1) is 17.4 Å². The molecule has 0 N–H and O–H groups in total. The van der Waals surface area contributed by atoms with Crippen LogP contribution < -0.4 is 14.2 Å². The van der Waals surface area contributed by atoms with E-state index >= 15 is 0 Å². The third-order valence-corrected chi connectivity index (χ3v) is 6.40. The highest BCUT2D eigenvalue weighted by Crippen LogP contribution is 2.44. The summed E-state index contributed by atoms with van der Waals surface area (Å²) in [5, 5.41) is 0. The normalized spacial score (nSPS) is 12.0. The van der Waals surface area contributed by atoms with Gasteiger partial charge in [-0.2, -0.15) is 0 Å². The number of esters is 2. The van der Waals surface area contributed by atoms with Crippen molar-refractivity contribution in [2.45, 2.75) is 88.0 Å².